The summed E-state index contributed by atoms with van der Waals surface area (Å²) in [6.07, 6.45) is 2.58. The van der Waals surface area contributed by atoms with Crippen molar-refractivity contribution in [2.75, 3.05) is 0 Å². The van der Waals surface area contributed by atoms with E-state index in [-0.39, 0.29) is 171 Å². The van der Waals surface area contributed by atoms with Gasteiger partial charge < -0.3 is 17.3 Å². The largest absolute Gasteiger partial charge is 0.665 e. The molecule has 0 aromatic heterocycles. The van der Waals surface area contributed by atoms with Crippen LogP contribution >= 0.6 is 0 Å². The van der Waals surface area contributed by atoms with E-state index in [2.05, 4.69) is 19.2 Å². The molecular weight excluding hydrogens is 561 g/mol. The maximum absolute atomic E-state index is 8.24. The third kappa shape index (κ3) is 94.2. The third-order valence-corrected chi connectivity index (χ3v) is 0.302. The zero-order valence-corrected chi connectivity index (χ0v) is 22.8. The Morgan fingerprint density at radius 3 is 1.21 bits per heavy atom. The molecule has 0 amide bonds. The SMILES string of the molecule is C=[C-]C(=C)C.O=[C-]O.[CH3-].[Y].[Y].[Y].[Y].[Y]. The van der Waals surface area contributed by atoms with Crippen molar-refractivity contribution in [2.24, 2.45) is 0 Å². The summed E-state index contributed by atoms with van der Waals surface area (Å²) in [5.74, 6) is 0. The third-order valence-electron chi connectivity index (χ3n) is 0.302. The van der Waals surface area contributed by atoms with E-state index in [4.69, 9.17) is 9.90 Å². The fourth-order valence-corrected chi connectivity index (χ4v) is 0. The Morgan fingerprint density at radius 1 is 1.14 bits per heavy atom. The molecule has 0 unspecified atom stereocenters. The first-order chi connectivity index (χ1) is 3.68. The minimum Gasteiger partial charge on any atom is -0.665 e. The topological polar surface area (TPSA) is 37.3 Å². The minimum atomic E-state index is 0. The van der Waals surface area contributed by atoms with Crippen LogP contribution in [0.15, 0.2) is 18.7 Å². The summed E-state index contributed by atoms with van der Waals surface area (Å²) in [4.78, 5) is 8.24. The summed E-state index contributed by atoms with van der Waals surface area (Å²) in [5, 5.41) is 6.76. The van der Waals surface area contributed by atoms with E-state index in [1.165, 1.54) is 0 Å². The molecule has 0 saturated carbocycles. The molecule has 0 rings (SSSR count). The van der Waals surface area contributed by atoms with Gasteiger partial charge in [-0.1, -0.05) is 13.4 Å². The number of allylic oxidation sites excluding steroid dienone is 2. The zero-order chi connectivity index (χ0) is 6.99. The van der Waals surface area contributed by atoms with Gasteiger partial charge in [0.15, 0.2) is 0 Å². The van der Waals surface area contributed by atoms with Crippen molar-refractivity contribution in [1.82, 2.24) is 0 Å². The van der Waals surface area contributed by atoms with Crippen LogP contribution in [0.5, 0.6) is 0 Å². The molecule has 1 N–H and O–H groups in total. The van der Waals surface area contributed by atoms with E-state index >= 15 is 0 Å². The predicted octanol–water partition coefficient (Wildman–Crippen LogP) is 1.60. The van der Waals surface area contributed by atoms with Crippen LogP contribution in [-0.4, -0.2) is 11.6 Å². The van der Waals surface area contributed by atoms with Crippen molar-refractivity contribution < 1.29 is 173 Å². The molecule has 2 nitrogen and oxygen atoms in total. The summed E-state index contributed by atoms with van der Waals surface area (Å²) >= 11 is 0. The molecular formula is C7H11O2Y5-3. The molecule has 0 heterocycles. The Morgan fingerprint density at radius 2 is 1.21 bits per heavy atom. The van der Waals surface area contributed by atoms with Gasteiger partial charge in [0.1, 0.15) is 0 Å². The Hall–Kier alpha value is 4.47. The van der Waals surface area contributed by atoms with E-state index in [0.29, 0.717) is 6.47 Å². The summed E-state index contributed by atoms with van der Waals surface area (Å²) in [5.41, 5.74) is 0.894. The molecule has 5 radical (unpaired) electrons. The smallest absolute Gasteiger partial charge is 0 e. The molecule has 0 saturated heterocycles. The van der Waals surface area contributed by atoms with Gasteiger partial charge in [-0.3, -0.25) is 6.08 Å². The fraction of sp³-hybridized carbons (Fsp3) is 0.143. The van der Waals surface area contributed by atoms with Gasteiger partial charge in [0, 0.05) is 164 Å². The summed E-state index contributed by atoms with van der Waals surface area (Å²) in [6.45, 7) is 9.19. The fourth-order valence-electron chi connectivity index (χ4n) is 0. The van der Waals surface area contributed by atoms with E-state index in [9.17, 15) is 0 Å². The van der Waals surface area contributed by atoms with Crippen molar-refractivity contribution in [1.29, 1.82) is 0 Å². The van der Waals surface area contributed by atoms with Crippen LogP contribution in [-0.2, 0) is 168 Å². The van der Waals surface area contributed by atoms with Crippen molar-refractivity contribution in [3.63, 3.8) is 0 Å². The molecule has 0 aliphatic carbocycles. The molecule has 69 valence electrons. The van der Waals surface area contributed by atoms with Gasteiger partial charge in [0.05, 0.1) is 0 Å². The maximum atomic E-state index is 8.24. The van der Waals surface area contributed by atoms with E-state index in [0.717, 1.165) is 5.57 Å². The standard InChI is InChI=1S/C5H7.CHO2.CH3.5Y/c1-4-5(2)3;2-1-3;;;;;;/h1-2H2,3H3;(H,2,3);1H3;;;;;/q3*-1;;;;;. The van der Waals surface area contributed by atoms with Gasteiger partial charge in [0.25, 0.3) is 0 Å². The minimum absolute atomic E-state index is 0. The maximum Gasteiger partial charge on any atom is 0 e. The molecule has 0 fully saturated rings. The summed E-state index contributed by atoms with van der Waals surface area (Å²) < 4.78 is 0. The number of aliphatic hydroxyl groups excluding tert-OH is 1. The van der Waals surface area contributed by atoms with Gasteiger partial charge in [-0.15, -0.1) is 0 Å². The first-order valence-electron chi connectivity index (χ1n) is 1.88. The second kappa shape index (κ2) is 52.8. The zero-order valence-electron chi connectivity index (χ0n) is 8.66. The normalized spacial score (nSPS) is 3.21. The molecule has 0 spiro atoms. The molecule has 14 heavy (non-hydrogen) atoms. The second-order valence-corrected chi connectivity index (χ2v) is 1.05. The summed E-state index contributed by atoms with van der Waals surface area (Å²) in [7, 11) is 0. The van der Waals surface area contributed by atoms with Crippen LogP contribution in [0.4, 0.5) is 0 Å². The van der Waals surface area contributed by atoms with E-state index in [1.807, 2.05) is 6.92 Å². The van der Waals surface area contributed by atoms with Crippen LogP contribution in [0.2, 0.25) is 0 Å². The van der Waals surface area contributed by atoms with Gasteiger partial charge in [-0.2, -0.15) is 6.58 Å². The number of hydrogen-bond acceptors (Lipinski definition) is 1. The Kier molecular flexibility index (Phi) is 194. The van der Waals surface area contributed by atoms with Crippen LogP contribution < -0.4 is 0 Å². The van der Waals surface area contributed by atoms with Crippen molar-refractivity contribution in [3.8, 4) is 0 Å². The van der Waals surface area contributed by atoms with Gasteiger partial charge in [0.2, 0.25) is 0 Å². The van der Waals surface area contributed by atoms with Crippen LogP contribution in [0, 0.1) is 13.5 Å². The van der Waals surface area contributed by atoms with Crippen LogP contribution in [0.25, 0.3) is 0 Å². The monoisotopic (exact) mass is 572 g/mol. The molecule has 7 heteroatoms. The molecule has 0 aromatic rings. The van der Waals surface area contributed by atoms with Crippen molar-refractivity contribution in [3.05, 3.63) is 32.2 Å². The Bertz CT molecular complexity index is 98.1. The van der Waals surface area contributed by atoms with Crippen LogP contribution in [0.1, 0.15) is 6.92 Å². The molecule has 0 aromatic carbocycles. The molecule has 0 atom stereocenters. The summed E-state index contributed by atoms with van der Waals surface area (Å²) in [6, 6.07) is 0. The molecule has 0 aliphatic heterocycles. The van der Waals surface area contributed by atoms with Crippen LogP contribution in [0.3, 0.4) is 0 Å². The first-order valence-corrected chi connectivity index (χ1v) is 1.88. The van der Waals surface area contributed by atoms with Gasteiger partial charge in [-0.05, 0) is 0 Å². The Balaban J connectivity index is -0.00000000626. The van der Waals surface area contributed by atoms with Crippen molar-refractivity contribution in [2.45, 2.75) is 6.92 Å². The quantitative estimate of drug-likeness (QED) is 0.384. The van der Waals surface area contributed by atoms with E-state index in [1.54, 1.807) is 0 Å². The first kappa shape index (κ1) is 51.4. The molecule has 0 bridgehead atoms. The average molecular weight is 572 g/mol. The van der Waals surface area contributed by atoms with Crippen molar-refractivity contribution >= 4 is 6.47 Å². The molecule has 0 aliphatic rings. The number of rotatable bonds is 1. The number of hydrogen-bond donors (Lipinski definition) is 1. The van der Waals surface area contributed by atoms with E-state index < -0.39 is 0 Å². The Labute approximate surface area is 213 Å². The van der Waals surface area contributed by atoms with Gasteiger partial charge in [-0.25, -0.2) is 12.2 Å². The predicted molar refractivity (Wildman–Crippen MR) is 38.4 cm³/mol. The average Bonchev–Trinajstić information content (AvgIpc) is 1.69. The van der Waals surface area contributed by atoms with Gasteiger partial charge >= 0.3 is 0 Å². The second-order valence-electron chi connectivity index (χ2n) is 1.05.